The van der Waals surface area contributed by atoms with Crippen molar-refractivity contribution in [1.29, 1.82) is 0 Å². The highest BCUT2D eigenvalue weighted by molar-refractivity contribution is 6.42. The van der Waals surface area contributed by atoms with Crippen molar-refractivity contribution in [3.8, 4) is 0 Å². The Labute approximate surface area is 111 Å². The van der Waals surface area contributed by atoms with Crippen molar-refractivity contribution in [2.24, 2.45) is 5.84 Å². The van der Waals surface area contributed by atoms with Gasteiger partial charge < -0.3 is 5.32 Å². The second-order valence-electron chi connectivity index (χ2n) is 4.65. The molecule has 17 heavy (non-hydrogen) atoms. The van der Waals surface area contributed by atoms with Crippen LogP contribution in [0.2, 0.25) is 10.0 Å². The average Bonchev–Trinajstić information content (AvgIpc) is 2.18. The number of halogens is 2. The molecule has 0 bridgehead atoms. The van der Waals surface area contributed by atoms with Crippen molar-refractivity contribution in [2.75, 3.05) is 5.01 Å². The molecule has 1 aromatic carbocycles. The fourth-order valence-corrected chi connectivity index (χ4v) is 1.43. The first-order chi connectivity index (χ1) is 7.70. The van der Waals surface area contributed by atoms with Crippen LogP contribution in [0.3, 0.4) is 0 Å². The summed E-state index contributed by atoms with van der Waals surface area (Å²) in [7, 11) is 0. The first-order valence-corrected chi connectivity index (χ1v) is 5.78. The molecule has 0 aliphatic carbocycles. The van der Waals surface area contributed by atoms with Gasteiger partial charge in [-0.3, -0.25) is 0 Å². The predicted octanol–water partition coefficient (Wildman–Crippen LogP) is 3.18. The summed E-state index contributed by atoms with van der Waals surface area (Å²) >= 11 is 11.6. The SMILES string of the molecule is CC(C)(C)NC(=O)N(N)c1ccc(Cl)c(Cl)c1. The molecule has 1 rings (SSSR count). The highest BCUT2D eigenvalue weighted by Gasteiger charge is 2.19. The summed E-state index contributed by atoms with van der Waals surface area (Å²) in [5.41, 5.74) is 0.117. The number of amides is 2. The Bertz CT molecular complexity index is 429. The summed E-state index contributed by atoms with van der Waals surface area (Å²) in [6.45, 7) is 5.61. The molecule has 0 spiro atoms. The van der Waals surface area contributed by atoms with Crippen LogP contribution in [0.25, 0.3) is 0 Å². The number of hydrogen-bond acceptors (Lipinski definition) is 2. The van der Waals surface area contributed by atoms with Gasteiger partial charge in [0.2, 0.25) is 0 Å². The number of nitrogens with two attached hydrogens (primary N) is 1. The number of hydrogen-bond donors (Lipinski definition) is 2. The summed E-state index contributed by atoms with van der Waals surface area (Å²) in [4.78, 5) is 11.8. The largest absolute Gasteiger partial charge is 0.336 e. The molecular weight excluding hydrogens is 261 g/mol. The van der Waals surface area contributed by atoms with Crippen LogP contribution in [0, 0.1) is 0 Å². The molecule has 2 amide bonds. The maximum Gasteiger partial charge on any atom is 0.336 e. The Kier molecular flexibility index (Phi) is 4.25. The lowest BCUT2D eigenvalue weighted by molar-refractivity contribution is 0.238. The molecule has 0 unspecified atom stereocenters. The molecule has 0 aliphatic heterocycles. The first kappa shape index (κ1) is 14.1. The predicted molar refractivity (Wildman–Crippen MR) is 71.4 cm³/mol. The van der Waals surface area contributed by atoms with E-state index in [1.54, 1.807) is 12.1 Å². The van der Waals surface area contributed by atoms with Crippen molar-refractivity contribution in [3.05, 3.63) is 28.2 Å². The highest BCUT2D eigenvalue weighted by Crippen LogP contribution is 2.26. The van der Waals surface area contributed by atoms with Crippen LogP contribution in [0.15, 0.2) is 18.2 Å². The second kappa shape index (κ2) is 5.12. The van der Waals surface area contributed by atoms with E-state index in [4.69, 9.17) is 29.0 Å². The number of rotatable bonds is 1. The molecular formula is C11H15Cl2N3O. The summed E-state index contributed by atoms with van der Waals surface area (Å²) in [6, 6.07) is 4.34. The molecule has 4 nitrogen and oxygen atoms in total. The van der Waals surface area contributed by atoms with Crippen LogP contribution < -0.4 is 16.2 Å². The Morgan fingerprint density at radius 1 is 1.29 bits per heavy atom. The standard InChI is InChI=1S/C11H15Cl2N3O/c1-11(2,3)15-10(17)16(14)7-4-5-8(12)9(13)6-7/h4-6H,14H2,1-3H3,(H,15,17). The Morgan fingerprint density at radius 2 is 1.88 bits per heavy atom. The van der Waals surface area contributed by atoms with Crippen molar-refractivity contribution >= 4 is 34.9 Å². The van der Waals surface area contributed by atoms with Crippen molar-refractivity contribution in [1.82, 2.24) is 5.32 Å². The van der Waals surface area contributed by atoms with E-state index < -0.39 is 6.03 Å². The zero-order valence-corrected chi connectivity index (χ0v) is 11.4. The van der Waals surface area contributed by atoms with Gasteiger partial charge in [-0.25, -0.2) is 15.6 Å². The summed E-state index contributed by atoms with van der Waals surface area (Å²) < 4.78 is 0. The quantitative estimate of drug-likeness (QED) is 0.470. The number of benzene rings is 1. The van der Waals surface area contributed by atoms with E-state index in [1.165, 1.54) is 6.07 Å². The van der Waals surface area contributed by atoms with Gasteiger partial charge in [0, 0.05) is 5.54 Å². The molecule has 0 aliphatic rings. The smallest absolute Gasteiger partial charge is 0.332 e. The Morgan fingerprint density at radius 3 is 2.35 bits per heavy atom. The Balaban J connectivity index is 2.85. The first-order valence-electron chi connectivity index (χ1n) is 5.03. The highest BCUT2D eigenvalue weighted by atomic mass is 35.5. The second-order valence-corrected chi connectivity index (χ2v) is 5.46. The van der Waals surface area contributed by atoms with E-state index in [2.05, 4.69) is 5.32 Å². The fourth-order valence-electron chi connectivity index (χ4n) is 1.13. The van der Waals surface area contributed by atoms with Gasteiger partial charge in [-0.15, -0.1) is 0 Å². The fraction of sp³-hybridized carbons (Fsp3) is 0.364. The van der Waals surface area contributed by atoms with E-state index in [-0.39, 0.29) is 5.54 Å². The van der Waals surface area contributed by atoms with Gasteiger partial charge >= 0.3 is 6.03 Å². The van der Waals surface area contributed by atoms with Crippen LogP contribution in [0.5, 0.6) is 0 Å². The topological polar surface area (TPSA) is 58.4 Å². The van der Waals surface area contributed by atoms with Gasteiger partial charge in [0.15, 0.2) is 0 Å². The van der Waals surface area contributed by atoms with Crippen LogP contribution in [-0.2, 0) is 0 Å². The molecule has 3 N–H and O–H groups in total. The molecule has 0 heterocycles. The summed E-state index contributed by atoms with van der Waals surface area (Å²) in [5, 5.41) is 4.50. The van der Waals surface area contributed by atoms with Crippen molar-refractivity contribution < 1.29 is 4.79 Å². The average molecular weight is 276 g/mol. The molecule has 94 valence electrons. The van der Waals surface area contributed by atoms with Gasteiger partial charge in [0.1, 0.15) is 0 Å². The lowest BCUT2D eigenvalue weighted by Gasteiger charge is -2.25. The lowest BCUT2D eigenvalue weighted by Crippen LogP contribution is -2.51. The molecule has 0 saturated heterocycles. The maximum atomic E-state index is 11.8. The van der Waals surface area contributed by atoms with Crippen LogP contribution >= 0.6 is 23.2 Å². The minimum atomic E-state index is -0.407. The number of nitrogens with zero attached hydrogens (tertiary/aromatic N) is 1. The van der Waals surface area contributed by atoms with Gasteiger partial charge in [-0.05, 0) is 39.0 Å². The van der Waals surface area contributed by atoms with Gasteiger partial charge in [-0.2, -0.15) is 0 Å². The van der Waals surface area contributed by atoms with Crippen LogP contribution in [0.4, 0.5) is 10.5 Å². The maximum absolute atomic E-state index is 11.8. The molecule has 1 aromatic rings. The van der Waals surface area contributed by atoms with Crippen LogP contribution in [-0.4, -0.2) is 11.6 Å². The van der Waals surface area contributed by atoms with E-state index in [0.29, 0.717) is 15.7 Å². The van der Waals surface area contributed by atoms with Crippen molar-refractivity contribution in [3.63, 3.8) is 0 Å². The minimum absolute atomic E-state index is 0.350. The minimum Gasteiger partial charge on any atom is -0.332 e. The number of carbonyl (C=O) groups excluding carboxylic acids is 1. The van der Waals surface area contributed by atoms with Gasteiger partial charge in [0.05, 0.1) is 15.7 Å². The number of hydrazine groups is 1. The molecule has 0 saturated carbocycles. The van der Waals surface area contributed by atoms with Crippen molar-refractivity contribution in [2.45, 2.75) is 26.3 Å². The lowest BCUT2D eigenvalue weighted by atomic mass is 10.1. The molecule has 0 radical (unpaired) electrons. The third-order valence-corrected chi connectivity index (χ3v) is 2.62. The van der Waals surface area contributed by atoms with Gasteiger partial charge in [0.25, 0.3) is 0 Å². The molecule has 0 fully saturated rings. The van der Waals surface area contributed by atoms with E-state index in [9.17, 15) is 4.79 Å². The number of nitrogens with one attached hydrogen (secondary N) is 1. The van der Waals surface area contributed by atoms with E-state index in [1.807, 2.05) is 20.8 Å². The molecule has 6 heteroatoms. The molecule has 0 aromatic heterocycles. The zero-order valence-electron chi connectivity index (χ0n) is 9.92. The Hall–Kier alpha value is -0.970. The molecule has 0 atom stereocenters. The number of urea groups is 1. The zero-order chi connectivity index (χ0) is 13.2. The van der Waals surface area contributed by atoms with Gasteiger partial charge in [-0.1, -0.05) is 23.2 Å². The third kappa shape index (κ3) is 4.07. The van der Waals surface area contributed by atoms with E-state index >= 15 is 0 Å². The number of anilines is 1. The summed E-state index contributed by atoms with van der Waals surface area (Å²) in [5.74, 6) is 5.68. The number of carbonyl (C=O) groups is 1. The summed E-state index contributed by atoms with van der Waals surface area (Å²) in [6.07, 6.45) is 0. The third-order valence-electron chi connectivity index (χ3n) is 1.88. The van der Waals surface area contributed by atoms with Crippen LogP contribution in [0.1, 0.15) is 20.8 Å². The van der Waals surface area contributed by atoms with E-state index in [0.717, 1.165) is 5.01 Å². The normalized spacial score (nSPS) is 11.2. The monoisotopic (exact) mass is 275 g/mol.